The van der Waals surface area contributed by atoms with Crippen LogP contribution in [0.4, 0.5) is 5.82 Å². The highest BCUT2D eigenvalue weighted by Crippen LogP contribution is 2.08. The summed E-state index contributed by atoms with van der Waals surface area (Å²) < 4.78 is 4.46. The number of amidine groups is 1. The zero-order valence-electron chi connectivity index (χ0n) is 7.88. The zero-order valence-corrected chi connectivity index (χ0v) is 8.70. The zero-order chi connectivity index (χ0) is 11.1. The van der Waals surface area contributed by atoms with Gasteiger partial charge in [0.25, 0.3) is 0 Å². The lowest BCUT2D eigenvalue weighted by molar-refractivity contribution is 0.304. The Balaban J connectivity index is 2.50. The summed E-state index contributed by atoms with van der Waals surface area (Å²) in [5.74, 6) is 1.04. The predicted molar refractivity (Wildman–Crippen MR) is 56.6 cm³/mol. The predicted octanol–water partition coefficient (Wildman–Crippen LogP) is -0.427. The van der Waals surface area contributed by atoms with E-state index in [1.165, 1.54) is 11.9 Å². The summed E-state index contributed by atoms with van der Waals surface area (Å²) in [6, 6.07) is 0. The standard InChI is InChI=1S/C6H12N6O2S/c7-5(10-13)4-6(12-14-11-4)9-2-1-3-15-8/h13H,1-3,8H2,(H2,7,10)(H,9,12). The summed E-state index contributed by atoms with van der Waals surface area (Å²) in [6.07, 6.45) is 0.865. The normalized spacial score (nSPS) is 11.7. The van der Waals surface area contributed by atoms with E-state index in [9.17, 15) is 0 Å². The van der Waals surface area contributed by atoms with E-state index in [1.807, 2.05) is 0 Å². The van der Waals surface area contributed by atoms with Crippen molar-refractivity contribution in [3.05, 3.63) is 5.69 Å². The monoisotopic (exact) mass is 232 g/mol. The number of nitrogens with one attached hydrogen (secondary N) is 1. The van der Waals surface area contributed by atoms with Crippen LogP contribution in [0.1, 0.15) is 12.1 Å². The highest BCUT2D eigenvalue weighted by molar-refractivity contribution is 7.97. The summed E-state index contributed by atoms with van der Waals surface area (Å²) in [6.45, 7) is 0.657. The first-order valence-electron chi connectivity index (χ1n) is 4.15. The third-order valence-electron chi connectivity index (χ3n) is 1.57. The maximum atomic E-state index is 8.45. The molecular weight excluding hydrogens is 220 g/mol. The van der Waals surface area contributed by atoms with Crippen LogP contribution >= 0.6 is 11.9 Å². The topological polar surface area (TPSA) is 136 Å². The van der Waals surface area contributed by atoms with E-state index in [2.05, 4.69) is 25.4 Å². The first-order valence-corrected chi connectivity index (χ1v) is 5.20. The fourth-order valence-corrected chi connectivity index (χ4v) is 1.19. The summed E-state index contributed by atoms with van der Waals surface area (Å²) in [5.41, 5.74) is 5.54. The fourth-order valence-electron chi connectivity index (χ4n) is 0.882. The van der Waals surface area contributed by atoms with E-state index in [1.54, 1.807) is 0 Å². The van der Waals surface area contributed by atoms with Crippen molar-refractivity contribution in [3.8, 4) is 0 Å². The number of hydrogen-bond acceptors (Lipinski definition) is 8. The van der Waals surface area contributed by atoms with Crippen LogP contribution in [0.25, 0.3) is 0 Å². The number of anilines is 1. The van der Waals surface area contributed by atoms with E-state index < -0.39 is 0 Å². The molecule has 8 nitrogen and oxygen atoms in total. The molecular formula is C6H12N6O2S. The molecule has 0 saturated heterocycles. The van der Waals surface area contributed by atoms with Crippen LogP contribution in [-0.2, 0) is 0 Å². The van der Waals surface area contributed by atoms with E-state index in [0.29, 0.717) is 12.4 Å². The molecule has 0 saturated carbocycles. The molecule has 0 aliphatic rings. The van der Waals surface area contributed by atoms with Crippen LogP contribution in [0.5, 0.6) is 0 Å². The number of rotatable bonds is 6. The number of oxime groups is 1. The van der Waals surface area contributed by atoms with Crippen molar-refractivity contribution in [2.75, 3.05) is 17.6 Å². The Morgan fingerprint density at radius 1 is 1.60 bits per heavy atom. The number of aromatic nitrogens is 2. The second kappa shape index (κ2) is 6.09. The molecule has 84 valence electrons. The van der Waals surface area contributed by atoms with Crippen LogP contribution in [-0.4, -0.2) is 33.7 Å². The van der Waals surface area contributed by atoms with Gasteiger partial charge in [0.1, 0.15) is 0 Å². The SMILES string of the molecule is NSCCCNc1nonc1/C(N)=N\O. The van der Waals surface area contributed by atoms with Gasteiger partial charge in [0.2, 0.25) is 5.82 Å². The summed E-state index contributed by atoms with van der Waals surface area (Å²) >= 11 is 1.27. The van der Waals surface area contributed by atoms with Gasteiger partial charge in [0, 0.05) is 12.3 Å². The third kappa shape index (κ3) is 3.29. The molecule has 1 heterocycles. The molecule has 0 atom stereocenters. The van der Waals surface area contributed by atoms with E-state index in [-0.39, 0.29) is 11.5 Å². The maximum absolute atomic E-state index is 8.45. The fraction of sp³-hybridized carbons (Fsp3) is 0.500. The molecule has 0 bridgehead atoms. The molecule has 1 rings (SSSR count). The van der Waals surface area contributed by atoms with Gasteiger partial charge in [0.15, 0.2) is 11.5 Å². The molecule has 0 radical (unpaired) electrons. The second-order valence-corrected chi connectivity index (χ2v) is 3.34. The van der Waals surface area contributed by atoms with Crippen LogP contribution in [0, 0.1) is 0 Å². The van der Waals surface area contributed by atoms with Crippen molar-refractivity contribution in [1.82, 2.24) is 10.3 Å². The van der Waals surface area contributed by atoms with Gasteiger partial charge in [-0.2, -0.15) is 0 Å². The molecule has 0 spiro atoms. The average molecular weight is 232 g/mol. The van der Waals surface area contributed by atoms with E-state index in [4.69, 9.17) is 16.1 Å². The quantitative estimate of drug-likeness (QED) is 0.129. The lowest BCUT2D eigenvalue weighted by atomic mass is 10.4. The Labute approximate surface area is 90.2 Å². The minimum Gasteiger partial charge on any atom is -0.409 e. The Morgan fingerprint density at radius 3 is 3.07 bits per heavy atom. The maximum Gasteiger partial charge on any atom is 0.202 e. The molecule has 15 heavy (non-hydrogen) atoms. The van der Waals surface area contributed by atoms with Crippen LogP contribution in [0.3, 0.4) is 0 Å². The smallest absolute Gasteiger partial charge is 0.202 e. The van der Waals surface area contributed by atoms with Crippen molar-refractivity contribution in [2.45, 2.75) is 6.42 Å². The van der Waals surface area contributed by atoms with Crippen molar-refractivity contribution in [2.24, 2.45) is 16.0 Å². The molecule has 0 unspecified atom stereocenters. The van der Waals surface area contributed by atoms with Crippen molar-refractivity contribution < 1.29 is 9.84 Å². The van der Waals surface area contributed by atoms with Crippen molar-refractivity contribution in [1.29, 1.82) is 0 Å². The largest absolute Gasteiger partial charge is 0.409 e. The second-order valence-electron chi connectivity index (χ2n) is 2.60. The number of nitrogens with zero attached hydrogens (tertiary/aromatic N) is 3. The minimum absolute atomic E-state index is 0.146. The van der Waals surface area contributed by atoms with Gasteiger partial charge in [-0.1, -0.05) is 17.1 Å². The molecule has 0 fully saturated rings. The Kier molecular flexibility index (Phi) is 4.71. The molecule has 0 aromatic carbocycles. The molecule has 1 aromatic heterocycles. The van der Waals surface area contributed by atoms with Gasteiger partial charge in [-0.15, -0.1) is 0 Å². The van der Waals surface area contributed by atoms with Crippen LogP contribution in [0.15, 0.2) is 9.78 Å². The molecule has 6 N–H and O–H groups in total. The number of nitrogens with two attached hydrogens (primary N) is 2. The first-order chi connectivity index (χ1) is 7.29. The van der Waals surface area contributed by atoms with Crippen molar-refractivity contribution >= 4 is 23.6 Å². The first kappa shape index (κ1) is 11.6. The Hall–Kier alpha value is -1.48. The van der Waals surface area contributed by atoms with E-state index >= 15 is 0 Å². The van der Waals surface area contributed by atoms with Crippen LogP contribution < -0.4 is 16.2 Å². The summed E-state index contributed by atoms with van der Waals surface area (Å²) in [4.78, 5) is 0. The molecule has 9 heteroatoms. The highest BCUT2D eigenvalue weighted by atomic mass is 32.2. The van der Waals surface area contributed by atoms with Gasteiger partial charge in [-0.25, -0.2) is 4.63 Å². The minimum atomic E-state index is -0.146. The third-order valence-corrected chi connectivity index (χ3v) is 2.09. The van der Waals surface area contributed by atoms with Gasteiger partial charge < -0.3 is 16.3 Å². The van der Waals surface area contributed by atoms with Crippen LogP contribution in [0.2, 0.25) is 0 Å². The lowest BCUT2D eigenvalue weighted by Gasteiger charge is -2.01. The van der Waals surface area contributed by atoms with Crippen molar-refractivity contribution in [3.63, 3.8) is 0 Å². The Morgan fingerprint density at radius 2 is 2.40 bits per heavy atom. The Bertz CT molecular complexity index is 327. The van der Waals surface area contributed by atoms with Gasteiger partial charge >= 0.3 is 0 Å². The number of hydrogen-bond donors (Lipinski definition) is 4. The van der Waals surface area contributed by atoms with Gasteiger partial charge in [-0.3, -0.25) is 5.14 Å². The van der Waals surface area contributed by atoms with Gasteiger partial charge in [0.05, 0.1) is 0 Å². The summed E-state index contributed by atoms with van der Waals surface area (Å²) in [7, 11) is 0. The molecule has 1 aromatic rings. The average Bonchev–Trinajstić information content (AvgIpc) is 2.71. The molecule has 0 aliphatic heterocycles. The highest BCUT2D eigenvalue weighted by Gasteiger charge is 2.13. The molecule has 0 amide bonds. The lowest BCUT2D eigenvalue weighted by Crippen LogP contribution is -2.16. The molecule has 0 aliphatic carbocycles. The van der Waals surface area contributed by atoms with E-state index in [0.717, 1.165) is 12.2 Å². The summed E-state index contributed by atoms with van der Waals surface area (Å²) in [5, 5.41) is 26.5. The van der Waals surface area contributed by atoms with Gasteiger partial charge in [-0.05, 0) is 16.7 Å².